The molecule has 1 heterocycles. The highest BCUT2D eigenvalue weighted by atomic mass is 35.5. The normalized spacial score (nSPS) is 10.7. The van der Waals surface area contributed by atoms with Gasteiger partial charge >= 0.3 is 11.7 Å². The van der Waals surface area contributed by atoms with Crippen molar-refractivity contribution >= 4 is 40.3 Å². The molecule has 0 aliphatic carbocycles. The van der Waals surface area contributed by atoms with Crippen LogP contribution in [0.5, 0.6) is 11.5 Å². The lowest BCUT2D eigenvalue weighted by molar-refractivity contribution is -0.147. The van der Waals surface area contributed by atoms with E-state index in [1.54, 1.807) is 24.3 Å². The Balaban J connectivity index is 1.48. The number of anilines is 1. The summed E-state index contributed by atoms with van der Waals surface area (Å²) in [6.45, 7) is -0.182. The number of oxazole rings is 1. The molecule has 3 rings (SSSR count). The van der Waals surface area contributed by atoms with E-state index in [1.807, 2.05) is 0 Å². The number of methoxy groups -OCH3 is 2. The van der Waals surface area contributed by atoms with Gasteiger partial charge in [0.15, 0.2) is 12.2 Å². The lowest BCUT2D eigenvalue weighted by atomic mass is 10.2. The predicted molar refractivity (Wildman–Crippen MR) is 114 cm³/mol. The molecule has 1 aromatic heterocycles. The number of aromatic nitrogens is 1. The number of para-hydroxylation sites is 2. The molecule has 1 N–H and O–H groups in total. The van der Waals surface area contributed by atoms with Crippen molar-refractivity contribution in [2.75, 3.05) is 26.1 Å². The topological polar surface area (TPSA) is 109 Å². The molecule has 0 saturated heterocycles. The van der Waals surface area contributed by atoms with Crippen molar-refractivity contribution in [3.8, 4) is 11.5 Å². The first-order valence-electron chi connectivity index (χ1n) is 9.38. The zero-order valence-corrected chi connectivity index (χ0v) is 17.7. The van der Waals surface area contributed by atoms with Gasteiger partial charge in [-0.05, 0) is 24.6 Å². The maximum absolute atomic E-state index is 12.1. The first-order valence-corrected chi connectivity index (χ1v) is 9.76. The molecule has 0 aliphatic heterocycles. The number of carbonyl (C=O) groups is 2. The minimum atomic E-state index is -0.560. The molecule has 2 aromatic carbocycles. The Hall–Kier alpha value is -3.46. The van der Waals surface area contributed by atoms with Gasteiger partial charge in [0.05, 0.1) is 30.4 Å². The number of nitrogens with one attached hydrogen (secondary N) is 1. The van der Waals surface area contributed by atoms with Crippen LogP contribution in [0.4, 0.5) is 5.69 Å². The predicted octanol–water partition coefficient (Wildman–Crippen LogP) is 3.23. The fraction of sp³-hybridized carbons (Fsp3) is 0.286. The molecule has 0 spiro atoms. The number of ether oxygens (including phenoxy) is 3. The second kappa shape index (κ2) is 10.0. The monoisotopic (exact) mass is 448 g/mol. The van der Waals surface area contributed by atoms with Crippen LogP contribution < -0.4 is 20.5 Å². The van der Waals surface area contributed by atoms with Crippen molar-refractivity contribution < 1.29 is 28.2 Å². The van der Waals surface area contributed by atoms with E-state index < -0.39 is 24.2 Å². The van der Waals surface area contributed by atoms with Crippen molar-refractivity contribution in [2.45, 2.75) is 19.4 Å². The van der Waals surface area contributed by atoms with Gasteiger partial charge in [0.25, 0.3) is 5.91 Å². The lowest BCUT2D eigenvalue weighted by Crippen LogP contribution is -2.21. The summed E-state index contributed by atoms with van der Waals surface area (Å²) < 4.78 is 21.9. The average Bonchev–Trinajstić information content (AvgIpc) is 3.07. The number of halogens is 1. The Kier molecular flexibility index (Phi) is 7.19. The molecular formula is C21H21ClN2O7. The molecule has 0 aliphatic rings. The van der Waals surface area contributed by atoms with Crippen LogP contribution >= 0.6 is 11.6 Å². The van der Waals surface area contributed by atoms with E-state index in [9.17, 15) is 14.4 Å². The molecule has 164 valence electrons. The molecule has 0 radical (unpaired) electrons. The molecule has 0 unspecified atom stereocenters. The van der Waals surface area contributed by atoms with Crippen molar-refractivity contribution in [1.29, 1.82) is 0 Å². The van der Waals surface area contributed by atoms with E-state index in [2.05, 4.69) is 5.32 Å². The van der Waals surface area contributed by atoms with Crippen LogP contribution in [0.1, 0.15) is 12.8 Å². The Labute approximate surface area is 182 Å². The number of hydrogen-bond donors (Lipinski definition) is 1. The number of amides is 1. The first-order chi connectivity index (χ1) is 14.9. The van der Waals surface area contributed by atoms with Crippen molar-refractivity contribution in [3.05, 3.63) is 52.0 Å². The molecular weight excluding hydrogens is 428 g/mol. The van der Waals surface area contributed by atoms with Gasteiger partial charge in [0, 0.05) is 19.0 Å². The van der Waals surface area contributed by atoms with Gasteiger partial charge in [-0.25, -0.2) is 4.79 Å². The SMILES string of the molecule is COc1cc(OC)c(NC(=O)COC(=O)CCCn2c(=O)oc3ccccc32)cc1Cl. The molecule has 10 heteroatoms. The van der Waals surface area contributed by atoms with Gasteiger partial charge < -0.3 is 23.9 Å². The third-order valence-electron chi connectivity index (χ3n) is 4.45. The number of nitrogens with zero attached hydrogens (tertiary/aromatic N) is 1. The van der Waals surface area contributed by atoms with Crippen LogP contribution in [0.15, 0.2) is 45.6 Å². The van der Waals surface area contributed by atoms with Gasteiger partial charge in [-0.3, -0.25) is 14.2 Å². The van der Waals surface area contributed by atoms with E-state index >= 15 is 0 Å². The van der Waals surface area contributed by atoms with Crippen LogP contribution in [-0.4, -0.2) is 37.3 Å². The third-order valence-corrected chi connectivity index (χ3v) is 4.74. The number of hydrogen-bond acceptors (Lipinski definition) is 7. The lowest BCUT2D eigenvalue weighted by Gasteiger charge is -2.13. The Morgan fingerprint density at radius 1 is 1.13 bits per heavy atom. The summed E-state index contributed by atoms with van der Waals surface area (Å²) in [5, 5.41) is 2.87. The summed E-state index contributed by atoms with van der Waals surface area (Å²) >= 11 is 6.07. The number of fused-ring (bicyclic) bond motifs is 1. The Morgan fingerprint density at radius 2 is 1.87 bits per heavy atom. The molecule has 0 fully saturated rings. The van der Waals surface area contributed by atoms with Gasteiger partial charge in [0.2, 0.25) is 0 Å². The van der Waals surface area contributed by atoms with Gasteiger partial charge in [-0.15, -0.1) is 0 Å². The minimum absolute atomic E-state index is 0.0386. The molecule has 0 saturated carbocycles. The second-order valence-corrected chi connectivity index (χ2v) is 6.89. The van der Waals surface area contributed by atoms with E-state index in [0.29, 0.717) is 41.3 Å². The van der Waals surface area contributed by atoms with E-state index in [-0.39, 0.29) is 11.4 Å². The molecule has 9 nitrogen and oxygen atoms in total. The molecule has 31 heavy (non-hydrogen) atoms. The quantitative estimate of drug-likeness (QED) is 0.500. The summed E-state index contributed by atoms with van der Waals surface area (Å²) in [6, 6.07) is 10.0. The van der Waals surface area contributed by atoms with Crippen molar-refractivity contribution in [3.63, 3.8) is 0 Å². The minimum Gasteiger partial charge on any atom is -0.495 e. The van der Waals surface area contributed by atoms with E-state index in [0.717, 1.165) is 0 Å². The number of rotatable bonds is 9. The van der Waals surface area contributed by atoms with Crippen molar-refractivity contribution in [2.24, 2.45) is 0 Å². The fourth-order valence-electron chi connectivity index (χ4n) is 2.97. The fourth-order valence-corrected chi connectivity index (χ4v) is 3.21. The molecule has 0 atom stereocenters. The third kappa shape index (κ3) is 5.37. The second-order valence-electron chi connectivity index (χ2n) is 6.49. The smallest absolute Gasteiger partial charge is 0.419 e. The van der Waals surface area contributed by atoms with Crippen LogP contribution in [-0.2, 0) is 20.9 Å². The molecule has 0 bridgehead atoms. The maximum atomic E-state index is 12.1. The summed E-state index contributed by atoms with van der Waals surface area (Å²) in [7, 11) is 2.90. The van der Waals surface area contributed by atoms with Crippen LogP contribution in [0, 0.1) is 0 Å². The molecule has 1 amide bonds. The number of aryl methyl sites for hydroxylation is 1. The highest BCUT2D eigenvalue weighted by Gasteiger charge is 2.14. The van der Waals surface area contributed by atoms with E-state index in [1.165, 1.54) is 30.9 Å². The standard InChI is InChI=1S/C21H21ClN2O7/c1-28-17-11-18(29-2)14(10-13(17)22)23-19(25)12-30-20(26)8-5-9-24-15-6-3-4-7-16(15)31-21(24)27/h3-4,6-7,10-11H,5,8-9,12H2,1-2H3,(H,23,25). The summed E-state index contributed by atoms with van der Waals surface area (Å²) in [5.41, 5.74) is 1.47. The van der Waals surface area contributed by atoms with Gasteiger partial charge in [-0.2, -0.15) is 0 Å². The number of benzene rings is 2. The Morgan fingerprint density at radius 3 is 2.61 bits per heavy atom. The summed E-state index contributed by atoms with van der Waals surface area (Å²) in [6.07, 6.45) is 0.392. The molecule has 3 aromatic rings. The maximum Gasteiger partial charge on any atom is 0.419 e. The number of carbonyl (C=O) groups excluding carboxylic acids is 2. The summed E-state index contributed by atoms with van der Waals surface area (Å²) in [4.78, 5) is 36.0. The van der Waals surface area contributed by atoms with E-state index in [4.69, 9.17) is 30.2 Å². The van der Waals surface area contributed by atoms with Gasteiger partial charge in [-0.1, -0.05) is 23.7 Å². The Bertz CT molecular complexity index is 1150. The summed E-state index contributed by atoms with van der Waals surface area (Å²) in [5.74, 6) is -0.854. The van der Waals surface area contributed by atoms with Crippen LogP contribution in [0.3, 0.4) is 0 Å². The van der Waals surface area contributed by atoms with Gasteiger partial charge in [0.1, 0.15) is 11.5 Å². The largest absolute Gasteiger partial charge is 0.495 e. The van der Waals surface area contributed by atoms with Crippen LogP contribution in [0.25, 0.3) is 11.1 Å². The zero-order valence-electron chi connectivity index (χ0n) is 17.0. The first kappa shape index (κ1) is 22.2. The highest BCUT2D eigenvalue weighted by Crippen LogP contribution is 2.35. The zero-order chi connectivity index (χ0) is 22.4. The number of esters is 1. The van der Waals surface area contributed by atoms with Crippen LogP contribution in [0.2, 0.25) is 5.02 Å². The van der Waals surface area contributed by atoms with Crippen molar-refractivity contribution in [1.82, 2.24) is 4.57 Å². The highest BCUT2D eigenvalue weighted by molar-refractivity contribution is 6.32. The average molecular weight is 449 g/mol.